The van der Waals surface area contributed by atoms with Crippen molar-refractivity contribution in [3.63, 3.8) is 0 Å². The SMILES string of the molecule is CCN1C(=O)/C(=C\c2cccc(Br)c2)SC1=S. The zero-order valence-electron chi connectivity index (χ0n) is 9.14. The molecule has 2 rings (SSSR count). The topological polar surface area (TPSA) is 20.3 Å². The molecule has 0 radical (unpaired) electrons. The van der Waals surface area contributed by atoms with E-state index in [4.69, 9.17) is 12.2 Å². The molecule has 2 nitrogen and oxygen atoms in total. The number of amides is 1. The molecule has 1 heterocycles. The molecule has 1 fully saturated rings. The van der Waals surface area contributed by atoms with E-state index in [1.807, 2.05) is 37.3 Å². The van der Waals surface area contributed by atoms with Gasteiger partial charge in [0.25, 0.3) is 5.91 Å². The first kappa shape index (κ1) is 12.8. The Labute approximate surface area is 118 Å². The van der Waals surface area contributed by atoms with Crippen molar-refractivity contribution in [2.24, 2.45) is 0 Å². The van der Waals surface area contributed by atoms with Crippen LogP contribution in [-0.4, -0.2) is 21.7 Å². The van der Waals surface area contributed by atoms with Crippen LogP contribution in [0.1, 0.15) is 12.5 Å². The van der Waals surface area contributed by atoms with Crippen LogP contribution in [0.2, 0.25) is 0 Å². The number of benzene rings is 1. The third-order valence-corrected chi connectivity index (χ3v) is 4.21. The fourth-order valence-corrected chi connectivity index (χ4v) is 3.32. The Hall–Kier alpha value is -0.650. The molecule has 0 aliphatic carbocycles. The highest BCUT2D eigenvalue weighted by molar-refractivity contribution is 9.10. The van der Waals surface area contributed by atoms with E-state index in [0.717, 1.165) is 10.0 Å². The van der Waals surface area contributed by atoms with E-state index < -0.39 is 0 Å². The third kappa shape index (κ3) is 2.78. The molecule has 0 N–H and O–H groups in total. The van der Waals surface area contributed by atoms with Crippen LogP contribution in [-0.2, 0) is 4.79 Å². The second kappa shape index (κ2) is 5.33. The Morgan fingerprint density at radius 3 is 2.88 bits per heavy atom. The first-order chi connectivity index (χ1) is 8.11. The van der Waals surface area contributed by atoms with Crippen LogP contribution in [0.5, 0.6) is 0 Å². The van der Waals surface area contributed by atoms with Gasteiger partial charge in [-0.15, -0.1) is 0 Å². The molecular weight excluding hydrogens is 318 g/mol. The van der Waals surface area contributed by atoms with Gasteiger partial charge in [-0.05, 0) is 30.7 Å². The number of carbonyl (C=O) groups excluding carboxylic acids is 1. The van der Waals surface area contributed by atoms with Crippen molar-refractivity contribution in [1.29, 1.82) is 0 Å². The number of likely N-dealkylation sites (N-methyl/N-ethyl adjacent to an activating group) is 1. The van der Waals surface area contributed by atoms with Gasteiger partial charge in [0.1, 0.15) is 4.32 Å². The van der Waals surface area contributed by atoms with Crippen molar-refractivity contribution in [3.8, 4) is 0 Å². The number of thiocarbonyl (C=S) groups is 1. The minimum Gasteiger partial charge on any atom is -0.293 e. The van der Waals surface area contributed by atoms with Gasteiger partial charge < -0.3 is 0 Å². The monoisotopic (exact) mass is 327 g/mol. The molecule has 1 amide bonds. The molecule has 1 aliphatic rings. The molecule has 88 valence electrons. The fraction of sp³-hybridized carbons (Fsp3) is 0.167. The smallest absolute Gasteiger partial charge is 0.266 e. The summed E-state index contributed by atoms with van der Waals surface area (Å²) in [4.78, 5) is 14.3. The van der Waals surface area contributed by atoms with Crippen molar-refractivity contribution < 1.29 is 4.79 Å². The maximum Gasteiger partial charge on any atom is 0.266 e. The quantitative estimate of drug-likeness (QED) is 0.610. The Kier molecular flexibility index (Phi) is 4.01. The Morgan fingerprint density at radius 1 is 1.53 bits per heavy atom. The summed E-state index contributed by atoms with van der Waals surface area (Å²) in [5.74, 6) is 0.00229. The lowest BCUT2D eigenvalue weighted by molar-refractivity contribution is -0.121. The Bertz CT molecular complexity index is 513. The van der Waals surface area contributed by atoms with Crippen molar-refractivity contribution in [3.05, 3.63) is 39.2 Å². The minimum absolute atomic E-state index is 0.00229. The van der Waals surface area contributed by atoms with Crippen LogP contribution >= 0.6 is 39.9 Å². The van der Waals surface area contributed by atoms with E-state index in [0.29, 0.717) is 15.8 Å². The molecule has 0 aromatic heterocycles. The molecule has 1 saturated heterocycles. The standard InChI is InChI=1S/C12H10BrNOS2/c1-2-14-11(15)10(17-12(14)16)7-8-4-3-5-9(13)6-8/h3-7H,2H2,1H3/b10-7+. The third-order valence-electron chi connectivity index (χ3n) is 2.34. The largest absolute Gasteiger partial charge is 0.293 e. The summed E-state index contributed by atoms with van der Waals surface area (Å²) in [5.41, 5.74) is 0.996. The highest BCUT2D eigenvalue weighted by atomic mass is 79.9. The van der Waals surface area contributed by atoms with Gasteiger partial charge in [0.15, 0.2) is 0 Å². The summed E-state index contributed by atoms with van der Waals surface area (Å²) in [6, 6.07) is 7.83. The fourth-order valence-electron chi connectivity index (χ4n) is 1.52. The second-order valence-electron chi connectivity index (χ2n) is 3.48. The number of hydrogen-bond acceptors (Lipinski definition) is 3. The lowest BCUT2D eigenvalue weighted by atomic mass is 10.2. The zero-order valence-corrected chi connectivity index (χ0v) is 12.4. The number of rotatable bonds is 2. The van der Waals surface area contributed by atoms with Crippen LogP contribution in [0.25, 0.3) is 6.08 Å². The Morgan fingerprint density at radius 2 is 2.29 bits per heavy atom. The zero-order chi connectivity index (χ0) is 12.4. The summed E-state index contributed by atoms with van der Waals surface area (Å²) in [6.07, 6.45) is 1.87. The van der Waals surface area contributed by atoms with Gasteiger partial charge in [0, 0.05) is 11.0 Å². The van der Waals surface area contributed by atoms with Crippen molar-refractivity contribution in [2.45, 2.75) is 6.92 Å². The molecule has 0 atom stereocenters. The van der Waals surface area contributed by atoms with Gasteiger partial charge in [-0.1, -0.05) is 52.0 Å². The molecule has 5 heteroatoms. The van der Waals surface area contributed by atoms with E-state index in [9.17, 15) is 4.79 Å². The first-order valence-electron chi connectivity index (χ1n) is 5.12. The van der Waals surface area contributed by atoms with Crippen LogP contribution in [0, 0.1) is 0 Å². The van der Waals surface area contributed by atoms with Crippen molar-refractivity contribution in [1.82, 2.24) is 4.90 Å². The molecule has 0 saturated carbocycles. The number of halogens is 1. The van der Waals surface area contributed by atoms with E-state index in [1.165, 1.54) is 11.8 Å². The number of carbonyl (C=O) groups is 1. The average Bonchev–Trinajstić information content (AvgIpc) is 2.54. The summed E-state index contributed by atoms with van der Waals surface area (Å²) in [7, 11) is 0. The molecular formula is C12H10BrNOS2. The molecule has 1 aliphatic heterocycles. The predicted octanol–water partition coefficient (Wildman–Crippen LogP) is 3.67. The molecule has 0 spiro atoms. The molecule has 1 aromatic rings. The van der Waals surface area contributed by atoms with Crippen LogP contribution in [0.3, 0.4) is 0 Å². The summed E-state index contributed by atoms with van der Waals surface area (Å²) in [5, 5.41) is 0. The van der Waals surface area contributed by atoms with Crippen LogP contribution in [0.4, 0.5) is 0 Å². The molecule has 0 bridgehead atoms. The van der Waals surface area contributed by atoms with Gasteiger partial charge in [0.05, 0.1) is 4.91 Å². The van der Waals surface area contributed by atoms with Crippen LogP contribution < -0.4 is 0 Å². The maximum atomic E-state index is 12.0. The van der Waals surface area contributed by atoms with Crippen LogP contribution in [0.15, 0.2) is 33.6 Å². The van der Waals surface area contributed by atoms with Gasteiger partial charge >= 0.3 is 0 Å². The highest BCUT2D eigenvalue weighted by Gasteiger charge is 2.30. The second-order valence-corrected chi connectivity index (χ2v) is 6.07. The van der Waals surface area contributed by atoms with Gasteiger partial charge in [-0.25, -0.2) is 0 Å². The normalized spacial score (nSPS) is 18.2. The Balaban J connectivity index is 2.30. The molecule has 0 unspecified atom stereocenters. The van der Waals surface area contributed by atoms with E-state index in [2.05, 4.69) is 15.9 Å². The predicted molar refractivity (Wildman–Crippen MR) is 79.7 cm³/mol. The lowest BCUT2D eigenvalue weighted by Crippen LogP contribution is -2.27. The van der Waals surface area contributed by atoms with Crippen molar-refractivity contribution in [2.75, 3.05) is 6.54 Å². The van der Waals surface area contributed by atoms with Gasteiger partial charge in [-0.3, -0.25) is 9.69 Å². The summed E-state index contributed by atoms with van der Waals surface area (Å²) >= 11 is 9.92. The van der Waals surface area contributed by atoms with E-state index in [1.54, 1.807) is 4.90 Å². The number of hydrogen-bond donors (Lipinski definition) is 0. The number of thioether (sulfide) groups is 1. The van der Waals surface area contributed by atoms with E-state index in [-0.39, 0.29) is 5.91 Å². The highest BCUT2D eigenvalue weighted by Crippen LogP contribution is 2.32. The van der Waals surface area contributed by atoms with Gasteiger partial charge in [0.2, 0.25) is 0 Å². The first-order valence-corrected chi connectivity index (χ1v) is 7.14. The lowest BCUT2D eigenvalue weighted by Gasteiger charge is -2.09. The van der Waals surface area contributed by atoms with Crippen molar-refractivity contribution >= 4 is 56.2 Å². The summed E-state index contributed by atoms with van der Waals surface area (Å²) in [6.45, 7) is 2.55. The summed E-state index contributed by atoms with van der Waals surface area (Å²) < 4.78 is 1.64. The molecule has 17 heavy (non-hydrogen) atoms. The van der Waals surface area contributed by atoms with Gasteiger partial charge in [-0.2, -0.15) is 0 Å². The number of nitrogens with zero attached hydrogens (tertiary/aromatic N) is 1. The van der Waals surface area contributed by atoms with E-state index >= 15 is 0 Å². The minimum atomic E-state index is 0.00229. The molecule has 1 aromatic carbocycles. The average molecular weight is 328 g/mol. The maximum absolute atomic E-state index is 12.0.